The predicted octanol–water partition coefficient (Wildman–Crippen LogP) is 3.04. The van der Waals surface area contributed by atoms with Crippen LogP contribution in [0.1, 0.15) is 11.1 Å². The van der Waals surface area contributed by atoms with Crippen LogP contribution in [0.3, 0.4) is 0 Å². The summed E-state index contributed by atoms with van der Waals surface area (Å²) in [7, 11) is 1.61. The summed E-state index contributed by atoms with van der Waals surface area (Å²) in [4.78, 5) is 16.7. The molecule has 5 nitrogen and oxygen atoms in total. The zero-order valence-corrected chi connectivity index (χ0v) is 15.7. The van der Waals surface area contributed by atoms with Crippen molar-refractivity contribution < 1.29 is 14.3 Å². The average Bonchev–Trinajstić information content (AvgIpc) is 2.66. The van der Waals surface area contributed by atoms with Crippen LogP contribution in [0, 0.1) is 13.8 Å². The molecule has 0 radical (unpaired) electrons. The van der Waals surface area contributed by atoms with E-state index in [1.165, 1.54) is 11.3 Å². The van der Waals surface area contributed by atoms with Gasteiger partial charge < -0.3 is 19.3 Å². The quantitative estimate of drug-likeness (QED) is 0.828. The summed E-state index contributed by atoms with van der Waals surface area (Å²) in [5.74, 6) is 1.27. The molecule has 0 bridgehead atoms. The van der Waals surface area contributed by atoms with Crippen molar-refractivity contribution in [2.45, 2.75) is 13.8 Å². The van der Waals surface area contributed by atoms with Gasteiger partial charge in [0.2, 0.25) is 0 Å². The van der Waals surface area contributed by atoms with E-state index in [9.17, 15) is 4.79 Å². The molecular weight excluding hydrogens is 328 g/mol. The highest BCUT2D eigenvalue weighted by Crippen LogP contribution is 2.27. The van der Waals surface area contributed by atoms with Gasteiger partial charge in [-0.3, -0.25) is 4.79 Å². The van der Waals surface area contributed by atoms with Crippen molar-refractivity contribution in [2.75, 3.05) is 44.8 Å². The molecule has 1 heterocycles. The zero-order valence-electron chi connectivity index (χ0n) is 15.7. The maximum absolute atomic E-state index is 12.5. The van der Waals surface area contributed by atoms with Crippen LogP contribution in [0.2, 0.25) is 0 Å². The van der Waals surface area contributed by atoms with Crippen LogP contribution in [0.5, 0.6) is 11.5 Å². The monoisotopic (exact) mass is 354 g/mol. The molecule has 2 aromatic carbocycles. The number of nitrogens with zero attached hydrogens (tertiary/aromatic N) is 2. The van der Waals surface area contributed by atoms with Crippen LogP contribution in [0.15, 0.2) is 42.5 Å². The van der Waals surface area contributed by atoms with Gasteiger partial charge in [0, 0.05) is 31.9 Å². The second kappa shape index (κ2) is 8.13. The van der Waals surface area contributed by atoms with E-state index in [2.05, 4.69) is 36.1 Å². The normalized spacial score (nSPS) is 14.3. The molecule has 1 aliphatic rings. The first-order valence-corrected chi connectivity index (χ1v) is 8.93. The molecule has 1 saturated heterocycles. The van der Waals surface area contributed by atoms with Crippen LogP contribution in [0.4, 0.5) is 5.69 Å². The lowest BCUT2D eigenvalue weighted by Gasteiger charge is -2.36. The number of benzene rings is 2. The number of aryl methyl sites for hydroxylation is 2. The number of carbonyl (C=O) groups excluding carboxylic acids is 1. The number of piperazine rings is 1. The Bertz CT molecular complexity index is 768. The molecule has 0 saturated carbocycles. The Labute approximate surface area is 155 Å². The molecule has 2 aromatic rings. The summed E-state index contributed by atoms with van der Waals surface area (Å²) in [6, 6.07) is 14.2. The summed E-state index contributed by atoms with van der Waals surface area (Å²) < 4.78 is 11.0. The van der Waals surface area contributed by atoms with E-state index < -0.39 is 0 Å². The lowest BCUT2D eigenvalue weighted by molar-refractivity contribution is -0.133. The Kier molecular flexibility index (Phi) is 5.66. The standard InChI is InChI=1S/C21H26N2O3/c1-16-5-4-6-18(13-16)22-9-11-23(12-10-22)21(24)15-26-19-8-7-17(2)14-20(19)25-3/h4-8,13-14H,9-12,15H2,1-3H3. The van der Waals surface area contributed by atoms with Gasteiger partial charge in [0.05, 0.1) is 7.11 Å². The number of carbonyl (C=O) groups is 1. The molecule has 0 N–H and O–H groups in total. The first-order valence-electron chi connectivity index (χ1n) is 8.93. The molecule has 3 rings (SSSR count). The molecule has 0 atom stereocenters. The van der Waals surface area contributed by atoms with E-state index in [0.717, 1.165) is 18.7 Å². The first kappa shape index (κ1) is 18.1. The van der Waals surface area contributed by atoms with Crippen molar-refractivity contribution in [2.24, 2.45) is 0 Å². The molecule has 1 amide bonds. The highest BCUT2D eigenvalue weighted by Gasteiger charge is 2.22. The van der Waals surface area contributed by atoms with Gasteiger partial charge >= 0.3 is 0 Å². The van der Waals surface area contributed by atoms with Gasteiger partial charge in [-0.25, -0.2) is 0 Å². The third-order valence-electron chi connectivity index (χ3n) is 4.67. The van der Waals surface area contributed by atoms with E-state index in [-0.39, 0.29) is 12.5 Å². The fourth-order valence-corrected chi connectivity index (χ4v) is 3.16. The highest BCUT2D eigenvalue weighted by atomic mass is 16.5. The number of hydrogen-bond acceptors (Lipinski definition) is 4. The van der Waals surface area contributed by atoms with Gasteiger partial charge in [0.15, 0.2) is 18.1 Å². The van der Waals surface area contributed by atoms with Crippen molar-refractivity contribution in [3.8, 4) is 11.5 Å². The number of anilines is 1. The molecule has 0 aromatic heterocycles. The van der Waals surface area contributed by atoms with Crippen molar-refractivity contribution in [1.29, 1.82) is 0 Å². The third kappa shape index (κ3) is 4.28. The maximum atomic E-state index is 12.5. The summed E-state index contributed by atoms with van der Waals surface area (Å²) >= 11 is 0. The molecule has 1 aliphatic heterocycles. The van der Waals surface area contributed by atoms with Gasteiger partial charge in [0.25, 0.3) is 5.91 Å². The van der Waals surface area contributed by atoms with Crippen molar-refractivity contribution >= 4 is 11.6 Å². The van der Waals surface area contributed by atoms with Gasteiger partial charge in [-0.15, -0.1) is 0 Å². The highest BCUT2D eigenvalue weighted by molar-refractivity contribution is 5.78. The van der Waals surface area contributed by atoms with Gasteiger partial charge in [-0.2, -0.15) is 0 Å². The fraction of sp³-hybridized carbons (Fsp3) is 0.381. The second-order valence-corrected chi connectivity index (χ2v) is 6.65. The molecule has 138 valence electrons. The molecular formula is C21H26N2O3. The minimum Gasteiger partial charge on any atom is -0.493 e. The Balaban J connectivity index is 1.52. The largest absolute Gasteiger partial charge is 0.493 e. The maximum Gasteiger partial charge on any atom is 0.260 e. The number of hydrogen-bond donors (Lipinski definition) is 0. The molecule has 26 heavy (non-hydrogen) atoms. The van der Waals surface area contributed by atoms with Crippen molar-refractivity contribution in [1.82, 2.24) is 4.90 Å². The SMILES string of the molecule is COc1cc(C)ccc1OCC(=O)N1CCN(c2cccc(C)c2)CC1. The summed E-state index contributed by atoms with van der Waals surface area (Å²) in [6.45, 7) is 7.21. The van der Waals surface area contributed by atoms with E-state index in [1.54, 1.807) is 7.11 Å². The molecule has 0 unspecified atom stereocenters. The molecule has 1 fully saturated rings. The summed E-state index contributed by atoms with van der Waals surface area (Å²) in [5, 5.41) is 0. The molecule has 0 spiro atoms. The zero-order chi connectivity index (χ0) is 18.5. The minimum atomic E-state index is 0.0107. The minimum absolute atomic E-state index is 0.0107. The Morgan fingerprint density at radius 1 is 0.962 bits per heavy atom. The van der Waals surface area contributed by atoms with Crippen LogP contribution in [-0.4, -0.2) is 50.7 Å². The summed E-state index contributed by atoms with van der Waals surface area (Å²) in [5.41, 5.74) is 3.56. The third-order valence-corrected chi connectivity index (χ3v) is 4.67. The van der Waals surface area contributed by atoms with Crippen LogP contribution < -0.4 is 14.4 Å². The smallest absolute Gasteiger partial charge is 0.260 e. The van der Waals surface area contributed by atoms with Crippen LogP contribution in [0.25, 0.3) is 0 Å². The Morgan fingerprint density at radius 2 is 1.69 bits per heavy atom. The Morgan fingerprint density at radius 3 is 2.38 bits per heavy atom. The first-order chi connectivity index (χ1) is 12.6. The van der Waals surface area contributed by atoms with E-state index >= 15 is 0 Å². The lowest BCUT2D eigenvalue weighted by atomic mass is 10.2. The Hall–Kier alpha value is -2.69. The second-order valence-electron chi connectivity index (χ2n) is 6.65. The van der Waals surface area contributed by atoms with Crippen LogP contribution >= 0.6 is 0 Å². The lowest BCUT2D eigenvalue weighted by Crippen LogP contribution is -2.50. The summed E-state index contributed by atoms with van der Waals surface area (Å²) in [6.07, 6.45) is 0. The molecule has 5 heteroatoms. The number of ether oxygens (including phenoxy) is 2. The van der Waals surface area contributed by atoms with Gasteiger partial charge in [-0.05, 0) is 49.2 Å². The average molecular weight is 354 g/mol. The van der Waals surface area contributed by atoms with E-state index in [0.29, 0.717) is 24.6 Å². The predicted molar refractivity (Wildman–Crippen MR) is 103 cm³/mol. The number of methoxy groups -OCH3 is 1. The van der Waals surface area contributed by atoms with Crippen molar-refractivity contribution in [3.63, 3.8) is 0 Å². The molecule has 0 aliphatic carbocycles. The van der Waals surface area contributed by atoms with Crippen LogP contribution in [-0.2, 0) is 4.79 Å². The topological polar surface area (TPSA) is 42.0 Å². The van der Waals surface area contributed by atoms with E-state index in [1.807, 2.05) is 30.0 Å². The van der Waals surface area contributed by atoms with Gasteiger partial charge in [-0.1, -0.05) is 18.2 Å². The van der Waals surface area contributed by atoms with Gasteiger partial charge in [0.1, 0.15) is 0 Å². The van der Waals surface area contributed by atoms with Crippen molar-refractivity contribution in [3.05, 3.63) is 53.6 Å². The fourth-order valence-electron chi connectivity index (χ4n) is 3.16. The van der Waals surface area contributed by atoms with E-state index in [4.69, 9.17) is 9.47 Å². The number of amides is 1. The number of rotatable bonds is 5.